The number of nitrogens with zero attached hydrogens (tertiary/aromatic N) is 3. The van der Waals surface area contributed by atoms with Gasteiger partial charge >= 0.3 is 0 Å². The molecule has 3 aliphatic carbocycles. The molecule has 0 unspecified atom stereocenters. The molecule has 3 atom stereocenters. The van der Waals surface area contributed by atoms with Crippen LogP contribution >= 0.6 is 0 Å². The number of hydrogen-bond acceptors (Lipinski definition) is 4. The largest absolute Gasteiger partial charge is 0.489 e. The molecule has 5 aliphatic rings. The highest BCUT2D eigenvalue weighted by Gasteiger charge is 2.74. The second kappa shape index (κ2) is 8.99. The molecule has 0 spiro atoms. The fraction of sp³-hybridized carbons (Fsp3) is 0.531. The van der Waals surface area contributed by atoms with Crippen LogP contribution in [0.1, 0.15) is 62.8 Å². The number of para-hydroxylation sites is 1. The molecule has 0 amide bonds. The van der Waals surface area contributed by atoms with E-state index in [1.54, 1.807) is 0 Å². The molecule has 0 radical (unpaired) electrons. The highest BCUT2D eigenvalue weighted by molar-refractivity contribution is 5.86. The molecule has 3 saturated carbocycles. The summed E-state index contributed by atoms with van der Waals surface area (Å²) in [6.07, 6.45) is 3.99. The van der Waals surface area contributed by atoms with Gasteiger partial charge in [-0.1, -0.05) is 18.2 Å². The molecule has 1 saturated heterocycles. The van der Waals surface area contributed by atoms with E-state index >= 15 is 8.78 Å². The third-order valence-electron chi connectivity index (χ3n) is 10.1. The molecule has 5 nitrogen and oxygen atoms in total. The van der Waals surface area contributed by atoms with Gasteiger partial charge in [0.2, 0.25) is 0 Å². The third-order valence-corrected chi connectivity index (χ3v) is 10.1. The Balaban J connectivity index is 1.29. The van der Waals surface area contributed by atoms with Crippen molar-refractivity contribution in [3.63, 3.8) is 0 Å². The van der Waals surface area contributed by atoms with Crippen molar-refractivity contribution in [1.82, 2.24) is 14.8 Å². The van der Waals surface area contributed by atoms with Crippen LogP contribution in [0.5, 0.6) is 5.75 Å². The van der Waals surface area contributed by atoms with E-state index in [0.717, 1.165) is 60.8 Å². The Labute approximate surface area is 232 Å². The SMILES string of the molecule is C[C@H]1Cc2c([nH]c3ccccc23)[C@@](C)(c2c(F)cc(O[C@H]3CCN(CCCF)C3)cc2F)N1C12CC(C#N)(C1)C2. The lowest BCUT2D eigenvalue weighted by Gasteiger charge is -2.75. The molecule has 40 heavy (non-hydrogen) atoms. The first-order chi connectivity index (χ1) is 19.2. The number of halogens is 3. The van der Waals surface area contributed by atoms with Crippen molar-refractivity contribution < 1.29 is 17.9 Å². The van der Waals surface area contributed by atoms with Crippen LogP contribution in [0, 0.1) is 28.4 Å². The maximum absolute atomic E-state index is 16.3. The number of ether oxygens (including phenoxy) is 1. The summed E-state index contributed by atoms with van der Waals surface area (Å²) in [5.41, 5.74) is 1.26. The second-order valence-electron chi connectivity index (χ2n) is 12.8. The zero-order chi connectivity index (χ0) is 27.9. The van der Waals surface area contributed by atoms with Crippen LogP contribution in [0.4, 0.5) is 13.2 Å². The number of aromatic amines is 1. The summed E-state index contributed by atoms with van der Waals surface area (Å²) in [5.74, 6) is -1.08. The predicted octanol–water partition coefficient (Wildman–Crippen LogP) is 6.22. The smallest absolute Gasteiger partial charge is 0.135 e. The predicted molar refractivity (Wildman–Crippen MR) is 147 cm³/mol. The normalized spacial score (nSPS) is 33.3. The van der Waals surface area contributed by atoms with Crippen molar-refractivity contribution in [1.29, 1.82) is 5.26 Å². The van der Waals surface area contributed by atoms with Gasteiger partial charge < -0.3 is 9.72 Å². The quantitative estimate of drug-likeness (QED) is 0.381. The Morgan fingerprint density at radius 1 is 1.15 bits per heavy atom. The van der Waals surface area contributed by atoms with Crippen LogP contribution in [0.3, 0.4) is 0 Å². The molecule has 8 rings (SSSR count). The number of likely N-dealkylation sites (tertiary alicyclic amines) is 1. The van der Waals surface area contributed by atoms with Crippen molar-refractivity contribution in [2.75, 3.05) is 26.3 Å². The fourth-order valence-corrected chi connectivity index (χ4v) is 8.73. The summed E-state index contributed by atoms with van der Waals surface area (Å²) in [4.78, 5) is 8.01. The number of aromatic nitrogens is 1. The maximum Gasteiger partial charge on any atom is 0.135 e. The van der Waals surface area contributed by atoms with Crippen molar-refractivity contribution in [3.8, 4) is 11.8 Å². The first-order valence-electron chi connectivity index (χ1n) is 14.5. The molecule has 1 N–H and O–H groups in total. The van der Waals surface area contributed by atoms with E-state index in [2.05, 4.69) is 33.8 Å². The molecule has 8 heteroatoms. The van der Waals surface area contributed by atoms with Crippen LogP contribution in [-0.4, -0.2) is 58.8 Å². The van der Waals surface area contributed by atoms with E-state index < -0.39 is 17.2 Å². The monoisotopic (exact) mass is 548 g/mol. The van der Waals surface area contributed by atoms with Gasteiger partial charge in [-0.3, -0.25) is 14.2 Å². The fourth-order valence-electron chi connectivity index (χ4n) is 8.73. The van der Waals surface area contributed by atoms with Crippen LogP contribution in [0.2, 0.25) is 0 Å². The Morgan fingerprint density at radius 2 is 1.88 bits per heavy atom. The molecule has 1 aromatic heterocycles. The van der Waals surface area contributed by atoms with Crippen LogP contribution < -0.4 is 4.74 Å². The van der Waals surface area contributed by atoms with E-state index in [0.29, 0.717) is 19.5 Å². The minimum atomic E-state index is -1.10. The Bertz CT molecular complexity index is 1490. The second-order valence-corrected chi connectivity index (χ2v) is 12.8. The number of hydrogen-bond donors (Lipinski definition) is 1. The highest BCUT2D eigenvalue weighted by Crippen LogP contribution is 2.72. The number of rotatable bonds is 7. The number of alkyl halides is 1. The molecule has 2 aliphatic heterocycles. The summed E-state index contributed by atoms with van der Waals surface area (Å²) in [6, 6.07) is 13.2. The van der Waals surface area contributed by atoms with Crippen molar-refractivity contribution in [2.45, 2.75) is 75.6 Å². The van der Waals surface area contributed by atoms with Gasteiger partial charge in [0, 0.05) is 65.5 Å². The summed E-state index contributed by atoms with van der Waals surface area (Å²) in [6.45, 7) is 5.80. The maximum atomic E-state index is 16.3. The number of benzene rings is 2. The van der Waals surface area contributed by atoms with Crippen molar-refractivity contribution >= 4 is 10.9 Å². The molecule has 2 aromatic carbocycles. The number of fused-ring (bicyclic) bond motifs is 3. The van der Waals surface area contributed by atoms with E-state index in [1.807, 2.05) is 25.1 Å². The van der Waals surface area contributed by atoms with Gasteiger partial charge in [-0.2, -0.15) is 5.26 Å². The zero-order valence-corrected chi connectivity index (χ0v) is 23.1. The first-order valence-corrected chi connectivity index (χ1v) is 14.5. The standard InChI is InChI=1S/C32H35F3N4O/c1-20-12-24-23-6-3-4-7-27(23)37-29(24)30(2,39(20)32-16-31(17-32,18-32)19-36)28-25(34)13-22(14-26(28)35)40-21-8-11-38(15-21)10-5-9-33/h3-4,6-7,13-14,20-21,37H,5,8-12,15-18H2,1-2H3/t20-,21-,30+,31?,32?/m0/s1. The van der Waals surface area contributed by atoms with Crippen LogP contribution in [0.25, 0.3) is 10.9 Å². The van der Waals surface area contributed by atoms with E-state index in [-0.39, 0.29) is 41.1 Å². The molecular formula is C32H35F3N4O. The summed E-state index contributed by atoms with van der Waals surface area (Å²) < 4.78 is 51.2. The zero-order valence-electron chi connectivity index (χ0n) is 23.1. The average molecular weight is 549 g/mol. The van der Waals surface area contributed by atoms with Gasteiger partial charge in [0.1, 0.15) is 23.5 Å². The van der Waals surface area contributed by atoms with Crippen LogP contribution in [-0.2, 0) is 12.0 Å². The Hall–Kier alpha value is -3.02. The van der Waals surface area contributed by atoms with Gasteiger partial charge in [-0.25, -0.2) is 8.78 Å². The molecule has 4 fully saturated rings. The highest BCUT2D eigenvalue weighted by atomic mass is 19.1. The lowest BCUT2D eigenvalue weighted by molar-refractivity contribution is -0.230. The number of nitrogens with one attached hydrogen (secondary N) is 1. The minimum absolute atomic E-state index is 0.0194. The Kier molecular flexibility index (Phi) is 5.82. The summed E-state index contributed by atoms with van der Waals surface area (Å²) >= 11 is 0. The van der Waals surface area contributed by atoms with Crippen LogP contribution in [0.15, 0.2) is 36.4 Å². The third kappa shape index (κ3) is 3.60. The minimum Gasteiger partial charge on any atom is -0.489 e. The number of nitriles is 1. The van der Waals surface area contributed by atoms with Gasteiger partial charge in [0.25, 0.3) is 0 Å². The van der Waals surface area contributed by atoms with Gasteiger partial charge in [0.05, 0.1) is 23.7 Å². The van der Waals surface area contributed by atoms with E-state index in [9.17, 15) is 9.65 Å². The summed E-state index contributed by atoms with van der Waals surface area (Å²) in [7, 11) is 0. The Morgan fingerprint density at radius 3 is 2.58 bits per heavy atom. The van der Waals surface area contributed by atoms with Gasteiger partial charge in [-0.15, -0.1) is 0 Å². The molecule has 3 heterocycles. The van der Waals surface area contributed by atoms with Gasteiger partial charge in [-0.05, 0) is 64.0 Å². The molecule has 2 bridgehead atoms. The topological polar surface area (TPSA) is 55.3 Å². The lowest BCUT2D eigenvalue weighted by atomic mass is 9.38. The van der Waals surface area contributed by atoms with Gasteiger partial charge in [0.15, 0.2) is 0 Å². The molecule has 3 aromatic rings. The van der Waals surface area contributed by atoms with E-state index in [1.165, 1.54) is 12.1 Å². The summed E-state index contributed by atoms with van der Waals surface area (Å²) in [5, 5.41) is 10.8. The van der Waals surface area contributed by atoms with E-state index in [4.69, 9.17) is 4.74 Å². The molecular weight excluding hydrogens is 513 g/mol. The molecule has 210 valence electrons. The average Bonchev–Trinajstić information content (AvgIpc) is 3.47. The number of H-pyrrole nitrogens is 1. The first kappa shape index (κ1) is 25.9. The van der Waals surface area contributed by atoms with Crippen molar-refractivity contribution in [2.24, 2.45) is 5.41 Å². The lowest BCUT2D eigenvalue weighted by Crippen LogP contribution is -2.79. The van der Waals surface area contributed by atoms with Crippen molar-refractivity contribution in [3.05, 3.63) is 64.9 Å².